The van der Waals surface area contributed by atoms with E-state index in [-0.39, 0.29) is 0 Å². The van der Waals surface area contributed by atoms with E-state index in [4.69, 9.17) is 0 Å². The molecule has 78 valence electrons. The summed E-state index contributed by atoms with van der Waals surface area (Å²) in [5, 5.41) is 0. The Morgan fingerprint density at radius 3 is 1.38 bits per heavy atom. The molecule has 0 saturated heterocycles. The molecule has 2 nitrogen and oxygen atoms in total. The maximum Gasteiger partial charge on any atom is 0.210 e. The lowest BCUT2D eigenvalue weighted by molar-refractivity contribution is -0.123. The van der Waals surface area contributed by atoms with Crippen molar-refractivity contribution >= 4 is 6.41 Å². The van der Waals surface area contributed by atoms with Crippen molar-refractivity contribution in [1.82, 2.24) is 4.90 Å². The lowest BCUT2D eigenvalue weighted by atomic mass is 10.1. The maximum atomic E-state index is 10.9. The molecule has 0 aliphatic carbocycles. The SMILES string of the molecule is CCC(CC)N(C=O)C(CC)CC. The van der Waals surface area contributed by atoms with Gasteiger partial charge in [-0.15, -0.1) is 0 Å². The zero-order valence-corrected chi connectivity index (χ0v) is 9.42. The average molecular weight is 185 g/mol. The fourth-order valence-corrected chi connectivity index (χ4v) is 1.89. The van der Waals surface area contributed by atoms with Gasteiger partial charge in [-0.1, -0.05) is 27.7 Å². The fourth-order valence-electron chi connectivity index (χ4n) is 1.89. The standard InChI is InChI=1S/C11H23NO/c1-5-10(6-2)12(9-13)11(7-3)8-4/h9-11H,5-8H2,1-4H3. The molecule has 0 fully saturated rings. The quantitative estimate of drug-likeness (QED) is 0.558. The number of amides is 1. The third-order valence-electron chi connectivity index (χ3n) is 2.85. The Bertz CT molecular complexity index is 116. The van der Waals surface area contributed by atoms with Crippen LogP contribution in [0, 0.1) is 0 Å². The molecule has 0 bridgehead atoms. The second kappa shape index (κ2) is 6.93. The Morgan fingerprint density at radius 2 is 1.23 bits per heavy atom. The molecule has 0 saturated carbocycles. The number of carbonyl (C=O) groups excluding carboxylic acids is 1. The predicted molar refractivity (Wildman–Crippen MR) is 56.6 cm³/mol. The highest BCUT2D eigenvalue weighted by molar-refractivity contribution is 5.48. The lowest BCUT2D eigenvalue weighted by Gasteiger charge is -2.33. The van der Waals surface area contributed by atoms with E-state index in [0.717, 1.165) is 32.1 Å². The van der Waals surface area contributed by atoms with Gasteiger partial charge in [0, 0.05) is 12.1 Å². The smallest absolute Gasteiger partial charge is 0.210 e. The summed E-state index contributed by atoms with van der Waals surface area (Å²) in [6, 6.07) is 0.866. The Labute approximate surface area is 82.3 Å². The van der Waals surface area contributed by atoms with Crippen molar-refractivity contribution in [2.24, 2.45) is 0 Å². The molecule has 0 aliphatic rings. The monoisotopic (exact) mass is 185 g/mol. The van der Waals surface area contributed by atoms with E-state index in [1.807, 2.05) is 4.90 Å². The fraction of sp³-hybridized carbons (Fsp3) is 0.909. The van der Waals surface area contributed by atoms with Gasteiger partial charge in [-0.25, -0.2) is 0 Å². The van der Waals surface area contributed by atoms with Gasteiger partial charge < -0.3 is 4.90 Å². The Morgan fingerprint density at radius 1 is 0.923 bits per heavy atom. The molecule has 0 N–H and O–H groups in total. The zero-order valence-electron chi connectivity index (χ0n) is 9.42. The summed E-state index contributed by atoms with van der Waals surface area (Å²) >= 11 is 0. The van der Waals surface area contributed by atoms with Crippen molar-refractivity contribution in [2.45, 2.75) is 65.5 Å². The molecule has 0 aliphatic heterocycles. The number of hydrogen-bond donors (Lipinski definition) is 0. The molecule has 2 heteroatoms. The van der Waals surface area contributed by atoms with Crippen molar-refractivity contribution in [3.8, 4) is 0 Å². The van der Waals surface area contributed by atoms with Gasteiger partial charge in [0.05, 0.1) is 0 Å². The summed E-state index contributed by atoms with van der Waals surface area (Å²) in [7, 11) is 0. The van der Waals surface area contributed by atoms with Gasteiger partial charge in [0.1, 0.15) is 0 Å². The Hall–Kier alpha value is -0.530. The van der Waals surface area contributed by atoms with Crippen LogP contribution in [0.2, 0.25) is 0 Å². The van der Waals surface area contributed by atoms with E-state index < -0.39 is 0 Å². The van der Waals surface area contributed by atoms with Crippen LogP contribution < -0.4 is 0 Å². The molecule has 0 aromatic carbocycles. The van der Waals surface area contributed by atoms with Crippen LogP contribution in [-0.4, -0.2) is 23.4 Å². The summed E-state index contributed by atoms with van der Waals surface area (Å²) in [5.41, 5.74) is 0. The Balaban J connectivity index is 4.34. The second-order valence-corrected chi connectivity index (χ2v) is 3.49. The van der Waals surface area contributed by atoms with Crippen LogP contribution in [0.3, 0.4) is 0 Å². The normalized spacial score (nSPS) is 10.9. The number of rotatable bonds is 7. The average Bonchev–Trinajstić information content (AvgIpc) is 2.18. The molecule has 0 rings (SSSR count). The van der Waals surface area contributed by atoms with E-state index in [2.05, 4.69) is 27.7 Å². The minimum atomic E-state index is 0.433. The highest BCUT2D eigenvalue weighted by Gasteiger charge is 2.19. The predicted octanol–water partition coefficient (Wildman–Crippen LogP) is 2.82. The first-order valence-electron chi connectivity index (χ1n) is 5.47. The molecule has 1 amide bonds. The van der Waals surface area contributed by atoms with Gasteiger partial charge in [-0.05, 0) is 25.7 Å². The van der Waals surface area contributed by atoms with Gasteiger partial charge in [-0.2, -0.15) is 0 Å². The van der Waals surface area contributed by atoms with Crippen LogP contribution in [0.25, 0.3) is 0 Å². The van der Waals surface area contributed by atoms with Crippen LogP contribution in [0.4, 0.5) is 0 Å². The van der Waals surface area contributed by atoms with Crippen LogP contribution in [0.5, 0.6) is 0 Å². The van der Waals surface area contributed by atoms with Crippen molar-refractivity contribution in [2.75, 3.05) is 0 Å². The Kier molecular flexibility index (Phi) is 6.65. The lowest BCUT2D eigenvalue weighted by Crippen LogP contribution is -2.41. The number of carbonyl (C=O) groups is 1. The molecule has 0 unspecified atom stereocenters. The molecule has 0 radical (unpaired) electrons. The largest absolute Gasteiger partial charge is 0.339 e. The summed E-state index contributed by atoms with van der Waals surface area (Å²) < 4.78 is 0. The molecule has 0 atom stereocenters. The second-order valence-electron chi connectivity index (χ2n) is 3.49. The van der Waals surface area contributed by atoms with Crippen molar-refractivity contribution in [3.63, 3.8) is 0 Å². The zero-order chi connectivity index (χ0) is 10.3. The van der Waals surface area contributed by atoms with Gasteiger partial charge >= 0.3 is 0 Å². The van der Waals surface area contributed by atoms with Crippen molar-refractivity contribution in [1.29, 1.82) is 0 Å². The van der Waals surface area contributed by atoms with Gasteiger partial charge in [0.15, 0.2) is 0 Å². The molecule has 0 spiro atoms. The highest BCUT2D eigenvalue weighted by atomic mass is 16.1. The molecule has 13 heavy (non-hydrogen) atoms. The van der Waals surface area contributed by atoms with Crippen LogP contribution in [0.15, 0.2) is 0 Å². The minimum Gasteiger partial charge on any atom is -0.339 e. The summed E-state index contributed by atoms with van der Waals surface area (Å²) in [5.74, 6) is 0. The maximum absolute atomic E-state index is 10.9. The molecule has 0 aromatic rings. The minimum absolute atomic E-state index is 0.433. The first-order chi connectivity index (χ1) is 6.24. The topological polar surface area (TPSA) is 20.3 Å². The summed E-state index contributed by atoms with van der Waals surface area (Å²) in [6.45, 7) is 8.58. The van der Waals surface area contributed by atoms with E-state index in [9.17, 15) is 4.79 Å². The van der Waals surface area contributed by atoms with Crippen molar-refractivity contribution in [3.05, 3.63) is 0 Å². The molecular weight excluding hydrogens is 162 g/mol. The van der Waals surface area contributed by atoms with E-state index in [0.29, 0.717) is 12.1 Å². The van der Waals surface area contributed by atoms with E-state index >= 15 is 0 Å². The van der Waals surface area contributed by atoms with Crippen molar-refractivity contribution < 1.29 is 4.79 Å². The van der Waals surface area contributed by atoms with E-state index in [1.54, 1.807) is 0 Å². The van der Waals surface area contributed by atoms with Gasteiger partial charge in [0.25, 0.3) is 0 Å². The van der Waals surface area contributed by atoms with Crippen LogP contribution in [0.1, 0.15) is 53.4 Å². The molecule has 0 aromatic heterocycles. The first kappa shape index (κ1) is 12.5. The van der Waals surface area contributed by atoms with Gasteiger partial charge in [-0.3, -0.25) is 4.79 Å². The van der Waals surface area contributed by atoms with Crippen LogP contribution >= 0.6 is 0 Å². The molecule has 0 heterocycles. The first-order valence-corrected chi connectivity index (χ1v) is 5.47. The number of nitrogens with zero attached hydrogens (tertiary/aromatic N) is 1. The summed E-state index contributed by atoms with van der Waals surface area (Å²) in [6.07, 6.45) is 5.27. The third-order valence-corrected chi connectivity index (χ3v) is 2.85. The van der Waals surface area contributed by atoms with Crippen LogP contribution in [-0.2, 0) is 4.79 Å². The summed E-state index contributed by atoms with van der Waals surface area (Å²) in [4.78, 5) is 12.9. The highest BCUT2D eigenvalue weighted by Crippen LogP contribution is 2.14. The number of hydrogen-bond acceptors (Lipinski definition) is 1. The third kappa shape index (κ3) is 3.37. The van der Waals surface area contributed by atoms with Gasteiger partial charge in [0.2, 0.25) is 6.41 Å². The molecular formula is C11H23NO. The van der Waals surface area contributed by atoms with E-state index in [1.165, 1.54) is 0 Å².